The van der Waals surface area contributed by atoms with Crippen LogP contribution in [0, 0.1) is 0 Å². The lowest BCUT2D eigenvalue weighted by atomic mass is 10.3. The monoisotopic (exact) mass is 255 g/mol. The van der Waals surface area contributed by atoms with Crippen LogP contribution in [0.5, 0.6) is 5.75 Å². The van der Waals surface area contributed by atoms with E-state index in [0.29, 0.717) is 18.2 Å². The zero-order valence-corrected chi connectivity index (χ0v) is 10.8. The number of benzene rings is 1. The molecule has 94 valence electrons. The molecule has 0 aliphatic carbocycles. The summed E-state index contributed by atoms with van der Waals surface area (Å²) in [6.45, 7) is 3.41. The van der Waals surface area contributed by atoms with E-state index in [1.54, 1.807) is 4.90 Å². The second kappa shape index (κ2) is 7.96. The van der Waals surface area contributed by atoms with Crippen LogP contribution in [0.15, 0.2) is 30.3 Å². The first-order chi connectivity index (χ1) is 8.27. The first-order valence-electron chi connectivity index (χ1n) is 5.79. The summed E-state index contributed by atoms with van der Waals surface area (Å²) in [6.07, 6.45) is 0.925. The molecule has 0 heterocycles. The average Bonchev–Trinajstić information content (AvgIpc) is 2.37. The fourth-order valence-corrected chi connectivity index (χ4v) is 1.69. The lowest BCUT2D eigenvalue weighted by Crippen LogP contribution is -2.36. The topological polar surface area (TPSA) is 29.5 Å². The van der Waals surface area contributed by atoms with Crippen LogP contribution in [0.3, 0.4) is 0 Å². The Morgan fingerprint density at radius 2 is 2.00 bits per heavy atom. The summed E-state index contributed by atoms with van der Waals surface area (Å²) in [4.78, 5) is 13.6. The number of rotatable bonds is 7. The fraction of sp³-hybridized carbons (Fsp3) is 0.462. The van der Waals surface area contributed by atoms with E-state index >= 15 is 0 Å². The van der Waals surface area contributed by atoms with E-state index in [2.05, 4.69) is 0 Å². The van der Waals surface area contributed by atoms with Crippen molar-refractivity contribution in [1.82, 2.24) is 4.90 Å². The Hall–Kier alpha value is -1.22. The third-order valence-electron chi connectivity index (χ3n) is 2.31. The second-order valence-electron chi connectivity index (χ2n) is 3.67. The van der Waals surface area contributed by atoms with Crippen molar-refractivity contribution < 1.29 is 9.53 Å². The SMILES string of the molecule is CCCN(CCCl)C(=O)COc1ccccc1. The Kier molecular flexibility index (Phi) is 6.48. The highest BCUT2D eigenvalue weighted by Crippen LogP contribution is 2.08. The quantitative estimate of drug-likeness (QED) is 0.701. The Balaban J connectivity index is 2.41. The van der Waals surface area contributed by atoms with Gasteiger partial charge >= 0.3 is 0 Å². The van der Waals surface area contributed by atoms with Crippen LogP contribution in [-0.4, -0.2) is 36.4 Å². The van der Waals surface area contributed by atoms with Crippen molar-refractivity contribution in [2.45, 2.75) is 13.3 Å². The minimum Gasteiger partial charge on any atom is -0.484 e. The number of hydrogen-bond acceptors (Lipinski definition) is 2. The summed E-state index contributed by atoms with van der Waals surface area (Å²) in [5.74, 6) is 1.15. The molecule has 1 rings (SSSR count). The van der Waals surface area contributed by atoms with Gasteiger partial charge in [0.1, 0.15) is 5.75 Å². The summed E-state index contributed by atoms with van der Waals surface area (Å²) in [5, 5.41) is 0. The summed E-state index contributed by atoms with van der Waals surface area (Å²) in [5.41, 5.74) is 0. The predicted octanol–water partition coefficient (Wildman–Crippen LogP) is 2.54. The predicted molar refractivity (Wildman–Crippen MR) is 69.5 cm³/mol. The van der Waals surface area contributed by atoms with Gasteiger partial charge in [-0.15, -0.1) is 11.6 Å². The molecule has 0 saturated carbocycles. The van der Waals surface area contributed by atoms with Gasteiger partial charge in [0, 0.05) is 19.0 Å². The number of nitrogens with zero attached hydrogens (tertiary/aromatic N) is 1. The maximum atomic E-state index is 11.8. The van der Waals surface area contributed by atoms with E-state index in [-0.39, 0.29) is 12.5 Å². The van der Waals surface area contributed by atoms with E-state index in [1.807, 2.05) is 37.3 Å². The molecule has 1 aromatic rings. The number of ether oxygens (including phenoxy) is 1. The number of halogens is 1. The normalized spacial score (nSPS) is 10.0. The number of para-hydroxylation sites is 1. The van der Waals surface area contributed by atoms with Crippen molar-refractivity contribution in [2.24, 2.45) is 0 Å². The van der Waals surface area contributed by atoms with Crippen LogP contribution >= 0.6 is 11.6 Å². The molecule has 0 bridgehead atoms. The standard InChI is InChI=1S/C13H18ClNO2/c1-2-9-15(10-8-14)13(16)11-17-12-6-4-3-5-7-12/h3-7H,2,8-11H2,1H3. The van der Waals surface area contributed by atoms with E-state index < -0.39 is 0 Å². The Morgan fingerprint density at radius 3 is 2.59 bits per heavy atom. The molecule has 0 spiro atoms. The number of carbonyl (C=O) groups is 1. The van der Waals surface area contributed by atoms with Gasteiger partial charge in [0.05, 0.1) is 0 Å². The van der Waals surface area contributed by atoms with E-state index in [1.165, 1.54) is 0 Å². The molecule has 0 fully saturated rings. The van der Waals surface area contributed by atoms with Crippen molar-refractivity contribution in [3.05, 3.63) is 30.3 Å². The van der Waals surface area contributed by atoms with Crippen molar-refractivity contribution in [3.63, 3.8) is 0 Å². The van der Waals surface area contributed by atoms with Gasteiger partial charge in [-0.2, -0.15) is 0 Å². The number of carbonyl (C=O) groups excluding carboxylic acids is 1. The van der Waals surface area contributed by atoms with Crippen molar-refractivity contribution in [2.75, 3.05) is 25.6 Å². The Morgan fingerprint density at radius 1 is 1.29 bits per heavy atom. The zero-order valence-electron chi connectivity index (χ0n) is 10.1. The van der Waals surface area contributed by atoms with Crippen LogP contribution < -0.4 is 4.74 Å². The summed E-state index contributed by atoms with van der Waals surface area (Å²) < 4.78 is 5.41. The molecule has 4 heteroatoms. The average molecular weight is 256 g/mol. The first kappa shape index (κ1) is 13.8. The molecule has 0 atom stereocenters. The van der Waals surface area contributed by atoms with Crippen LogP contribution in [-0.2, 0) is 4.79 Å². The molecule has 17 heavy (non-hydrogen) atoms. The molecular weight excluding hydrogens is 238 g/mol. The highest BCUT2D eigenvalue weighted by molar-refractivity contribution is 6.18. The van der Waals surface area contributed by atoms with Gasteiger partial charge in [-0.05, 0) is 18.6 Å². The maximum absolute atomic E-state index is 11.8. The molecule has 0 radical (unpaired) electrons. The molecule has 0 saturated heterocycles. The lowest BCUT2D eigenvalue weighted by Gasteiger charge is -2.20. The van der Waals surface area contributed by atoms with Gasteiger partial charge in [-0.1, -0.05) is 25.1 Å². The highest BCUT2D eigenvalue weighted by Gasteiger charge is 2.12. The molecule has 0 aromatic heterocycles. The van der Waals surface area contributed by atoms with Gasteiger partial charge in [-0.25, -0.2) is 0 Å². The third kappa shape index (κ3) is 5.09. The number of alkyl halides is 1. The second-order valence-corrected chi connectivity index (χ2v) is 4.05. The molecular formula is C13H18ClNO2. The van der Waals surface area contributed by atoms with Crippen molar-refractivity contribution in [3.8, 4) is 5.75 Å². The van der Waals surface area contributed by atoms with Crippen LogP contribution in [0.4, 0.5) is 0 Å². The summed E-state index contributed by atoms with van der Waals surface area (Å²) >= 11 is 5.66. The minimum atomic E-state index is -0.0173. The van der Waals surface area contributed by atoms with Crippen molar-refractivity contribution >= 4 is 17.5 Å². The summed E-state index contributed by atoms with van der Waals surface area (Å²) in [7, 11) is 0. The molecule has 3 nitrogen and oxygen atoms in total. The minimum absolute atomic E-state index is 0.0173. The van der Waals surface area contributed by atoms with Crippen LogP contribution in [0.25, 0.3) is 0 Å². The van der Waals surface area contributed by atoms with E-state index in [0.717, 1.165) is 13.0 Å². The molecule has 1 amide bonds. The lowest BCUT2D eigenvalue weighted by molar-refractivity contribution is -0.133. The fourth-order valence-electron chi connectivity index (χ4n) is 1.49. The first-order valence-corrected chi connectivity index (χ1v) is 6.33. The highest BCUT2D eigenvalue weighted by atomic mass is 35.5. The molecule has 0 unspecified atom stereocenters. The van der Waals surface area contributed by atoms with Gasteiger partial charge in [0.2, 0.25) is 0 Å². The smallest absolute Gasteiger partial charge is 0.260 e. The van der Waals surface area contributed by atoms with E-state index in [9.17, 15) is 4.79 Å². The number of amides is 1. The molecule has 1 aromatic carbocycles. The zero-order chi connectivity index (χ0) is 12.5. The summed E-state index contributed by atoms with van der Waals surface area (Å²) in [6, 6.07) is 9.33. The largest absolute Gasteiger partial charge is 0.484 e. The molecule has 0 aliphatic rings. The van der Waals surface area contributed by atoms with Crippen molar-refractivity contribution in [1.29, 1.82) is 0 Å². The van der Waals surface area contributed by atoms with Gasteiger partial charge in [-0.3, -0.25) is 4.79 Å². The van der Waals surface area contributed by atoms with Crippen LogP contribution in [0.2, 0.25) is 0 Å². The molecule has 0 N–H and O–H groups in total. The van der Waals surface area contributed by atoms with Crippen LogP contribution in [0.1, 0.15) is 13.3 Å². The maximum Gasteiger partial charge on any atom is 0.260 e. The van der Waals surface area contributed by atoms with E-state index in [4.69, 9.17) is 16.3 Å². The third-order valence-corrected chi connectivity index (χ3v) is 2.48. The van der Waals surface area contributed by atoms with Gasteiger partial charge in [0.15, 0.2) is 6.61 Å². The number of hydrogen-bond donors (Lipinski definition) is 0. The Bertz CT molecular complexity index is 323. The Labute approximate surface area is 107 Å². The van der Waals surface area contributed by atoms with Gasteiger partial charge < -0.3 is 9.64 Å². The van der Waals surface area contributed by atoms with Gasteiger partial charge in [0.25, 0.3) is 5.91 Å². The molecule has 0 aliphatic heterocycles.